The molecule has 3 nitrogen and oxygen atoms in total. The molecular formula is C18H17N2O+. The molecule has 4 rings (SSSR count). The predicted octanol–water partition coefficient (Wildman–Crippen LogP) is 3.62. The third-order valence-corrected chi connectivity index (χ3v) is 4.44. The van der Waals surface area contributed by atoms with E-state index in [-0.39, 0.29) is 0 Å². The van der Waals surface area contributed by atoms with E-state index in [1.54, 1.807) is 6.07 Å². The van der Waals surface area contributed by atoms with Crippen LogP contribution in [0, 0.1) is 13.8 Å². The summed E-state index contributed by atoms with van der Waals surface area (Å²) in [6.07, 6.45) is 4.24. The molecule has 2 N–H and O–H groups in total. The van der Waals surface area contributed by atoms with Crippen molar-refractivity contribution in [3.63, 3.8) is 0 Å². The lowest BCUT2D eigenvalue weighted by molar-refractivity contribution is -0.670. The van der Waals surface area contributed by atoms with Crippen molar-refractivity contribution in [1.29, 1.82) is 0 Å². The largest absolute Gasteiger partial charge is 0.508 e. The van der Waals surface area contributed by atoms with Gasteiger partial charge in [0.1, 0.15) is 12.8 Å². The summed E-state index contributed by atoms with van der Waals surface area (Å²) < 4.78 is 2.08. The Hall–Kier alpha value is -2.55. The fourth-order valence-corrected chi connectivity index (χ4v) is 3.34. The van der Waals surface area contributed by atoms with Gasteiger partial charge in [-0.1, -0.05) is 0 Å². The Labute approximate surface area is 122 Å². The number of aromatic amines is 1. The van der Waals surface area contributed by atoms with Crippen LogP contribution in [0.25, 0.3) is 32.6 Å². The SMILES string of the molecule is Cc1c2c[n+](C)ccc2c(C)c2c1[nH]c1ccc(O)cc12. The number of rotatable bonds is 0. The van der Waals surface area contributed by atoms with Crippen LogP contribution >= 0.6 is 0 Å². The summed E-state index contributed by atoms with van der Waals surface area (Å²) in [5.74, 6) is 0.306. The van der Waals surface area contributed by atoms with E-state index >= 15 is 0 Å². The van der Waals surface area contributed by atoms with Gasteiger partial charge in [0.05, 0.1) is 10.9 Å². The second-order valence-electron chi connectivity index (χ2n) is 5.79. The topological polar surface area (TPSA) is 39.9 Å². The van der Waals surface area contributed by atoms with Crippen LogP contribution in [0.4, 0.5) is 0 Å². The number of fused-ring (bicyclic) bond motifs is 4. The van der Waals surface area contributed by atoms with Gasteiger partial charge in [-0.2, -0.15) is 0 Å². The van der Waals surface area contributed by atoms with E-state index in [0.717, 1.165) is 16.4 Å². The number of hydrogen-bond donors (Lipinski definition) is 2. The molecule has 0 aliphatic rings. The van der Waals surface area contributed by atoms with Crippen molar-refractivity contribution in [2.75, 3.05) is 0 Å². The molecule has 21 heavy (non-hydrogen) atoms. The summed E-state index contributed by atoms with van der Waals surface area (Å²) in [6.45, 7) is 4.31. The first-order chi connectivity index (χ1) is 10.1. The maximum Gasteiger partial charge on any atom is 0.176 e. The van der Waals surface area contributed by atoms with Gasteiger partial charge in [0.2, 0.25) is 0 Å². The molecule has 0 aliphatic carbocycles. The van der Waals surface area contributed by atoms with Gasteiger partial charge in [-0.15, -0.1) is 0 Å². The van der Waals surface area contributed by atoms with Gasteiger partial charge in [-0.3, -0.25) is 0 Å². The number of pyridine rings is 1. The Bertz CT molecular complexity index is 1030. The fourth-order valence-electron chi connectivity index (χ4n) is 3.34. The highest BCUT2D eigenvalue weighted by Crippen LogP contribution is 2.36. The number of aromatic nitrogens is 2. The molecule has 0 atom stereocenters. The summed E-state index contributed by atoms with van der Waals surface area (Å²) in [5, 5.41) is 14.6. The molecular weight excluding hydrogens is 260 g/mol. The highest BCUT2D eigenvalue weighted by molar-refractivity contribution is 6.16. The summed E-state index contributed by atoms with van der Waals surface area (Å²) in [7, 11) is 2.04. The molecule has 0 saturated carbocycles. The minimum absolute atomic E-state index is 0.306. The average molecular weight is 277 g/mol. The van der Waals surface area contributed by atoms with Crippen LogP contribution in [0.1, 0.15) is 11.1 Å². The number of phenols is 1. The van der Waals surface area contributed by atoms with Crippen molar-refractivity contribution in [1.82, 2.24) is 4.98 Å². The van der Waals surface area contributed by atoms with Crippen molar-refractivity contribution in [3.8, 4) is 5.75 Å². The smallest absolute Gasteiger partial charge is 0.176 e. The standard InChI is InChI=1S/C18H16N2O/c1-10-13-6-7-20(3)9-15(13)11(2)18-17(10)14-8-12(21)4-5-16(14)19-18/h4-9,21H,1-3H3/p+1. The number of nitrogens with one attached hydrogen (secondary N) is 1. The molecule has 0 fully saturated rings. The molecule has 2 aromatic carbocycles. The van der Waals surface area contributed by atoms with Crippen LogP contribution in [-0.2, 0) is 7.05 Å². The summed E-state index contributed by atoms with van der Waals surface area (Å²) >= 11 is 0. The molecule has 0 amide bonds. The van der Waals surface area contributed by atoms with Gasteiger partial charge < -0.3 is 10.1 Å². The van der Waals surface area contributed by atoms with Crippen LogP contribution in [-0.4, -0.2) is 10.1 Å². The van der Waals surface area contributed by atoms with Gasteiger partial charge >= 0.3 is 0 Å². The molecule has 0 aliphatic heterocycles. The van der Waals surface area contributed by atoms with E-state index < -0.39 is 0 Å². The zero-order valence-electron chi connectivity index (χ0n) is 12.4. The Morgan fingerprint density at radius 1 is 1.00 bits per heavy atom. The first kappa shape index (κ1) is 12.2. The van der Waals surface area contributed by atoms with Gasteiger partial charge in [-0.05, 0) is 48.6 Å². The Morgan fingerprint density at radius 2 is 1.81 bits per heavy atom. The monoisotopic (exact) mass is 277 g/mol. The van der Waals surface area contributed by atoms with Gasteiger partial charge in [0, 0.05) is 22.4 Å². The number of hydrogen-bond acceptors (Lipinski definition) is 1. The van der Waals surface area contributed by atoms with Crippen molar-refractivity contribution >= 4 is 32.6 Å². The molecule has 0 spiro atoms. The highest BCUT2D eigenvalue weighted by Gasteiger charge is 2.15. The number of nitrogens with zero attached hydrogens (tertiary/aromatic N) is 1. The number of H-pyrrole nitrogens is 1. The van der Waals surface area contributed by atoms with Gasteiger partial charge in [0.25, 0.3) is 0 Å². The zero-order valence-corrected chi connectivity index (χ0v) is 12.4. The Balaban J connectivity index is 2.33. The predicted molar refractivity (Wildman–Crippen MR) is 85.6 cm³/mol. The second kappa shape index (κ2) is 3.98. The molecule has 0 bridgehead atoms. The second-order valence-corrected chi connectivity index (χ2v) is 5.79. The van der Waals surface area contributed by atoms with Crippen molar-refractivity contribution in [3.05, 3.63) is 47.8 Å². The third-order valence-electron chi connectivity index (χ3n) is 4.44. The first-order valence-corrected chi connectivity index (χ1v) is 7.09. The molecule has 0 radical (unpaired) electrons. The number of aryl methyl sites for hydroxylation is 3. The van der Waals surface area contributed by atoms with E-state index in [9.17, 15) is 5.11 Å². The molecule has 3 heteroatoms. The fraction of sp³-hybridized carbons (Fsp3) is 0.167. The van der Waals surface area contributed by atoms with Gasteiger partial charge in [-0.25, -0.2) is 4.57 Å². The quantitative estimate of drug-likeness (QED) is 0.473. The minimum atomic E-state index is 0.306. The molecule has 2 aromatic heterocycles. The minimum Gasteiger partial charge on any atom is -0.508 e. The maximum atomic E-state index is 9.80. The van der Waals surface area contributed by atoms with Gasteiger partial charge in [0.15, 0.2) is 12.4 Å². The average Bonchev–Trinajstić information content (AvgIpc) is 2.83. The molecule has 104 valence electrons. The molecule has 4 aromatic rings. The van der Waals surface area contributed by atoms with Crippen molar-refractivity contribution in [2.45, 2.75) is 13.8 Å². The molecule has 2 heterocycles. The molecule has 0 saturated heterocycles. The van der Waals surface area contributed by atoms with E-state index in [0.29, 0.717) is 5.75 Å². The zero-order chi connectivity index (χ0) is 14.7. The van der Waals surface area contributed by atoms with E-state index in [4.69, 9.17) is 0 Å². The van der Waals surface area contributed by atoms with Crippen LogP contribution in [0.2, 0.25) is 0 Å². The number of benzene rings is 2. The van der Waals surface area contributed by atoms with Crippen LogP contribution < -0.4 is 4.57 Å². The summed E-state index contributed by atoms with van der Waals surface area (Å²) in [5.41, 5.74) is 4.72. The first-order valence-electron chi connectivity index (χ1n) is 7.09. The summed E-state index contributed by atoms with van der Waals surface area (Å²) in [6, 6.07) is 7.67. The summed E-state index contributed by atoms with van der Waals surface area (Å²) in [4.78, 5) is 3.51. The lowest BCUT2D eigenvalue weighted by Gasteiger charge is -2.07. The Morgan fingerprint density at radius 3 is 2.62 bits per heavy atom. The normalized spacial score (nSPS) is 11.8. The Kier molecular flexibility index (Phi) is 2.31. The lowest BCUT2D eigenvalue weighted by Crippen LogP contribution is -2.26. The lowest BCUT2D eigenvalue weighted by atomic mass is 9.97. The van der Waals surface area contributed by atoms with E-state index in [1.165, 1.54) is 27.3 Å². The molecule has 0 unspecified atom stereocenters. The van der Waals surface area contributed by atoms with E-state index in [2.05, 4.69) is 41.9 Å². The van der Waals surface area contributed by atoms with Crippen molar-refractivity contribution < 1.29 is 9.67 Å². The van der Waals surface area contributed by atoms with E-state index in [1.807, 2.05) is 19.2 Å². The number of aromatic hydroxyl groups is 1. The van der Waals surface area contributed by atoms with Crippen LogP contribution in [0.3, 0.4) is 0 Å². The number of phenolic OH excluding ortho intramolecular Hbond substituents is 1. The van der Waals surface area contributed by atoms with Crippen LogP contribution in [0.15, 0.2) is 36.7 Å². The maximum absolute atomic E-state index is 9.80. The van der Waals surface area contributed by atoms with Crippen LogP contribution in [0.5, 0.6) is 5.75 Å². The highest BCUT2D eigenvalue weighted by atomic mass is 16.3. The third kappa shape index (κ3) is 1.57. The van der Waals surface area contributed by atoms with Crippen molar-refractivity contribution in [2.24, 2.45) is 7.05 Å².